The van der Waals surface area contributed by atoms with Crippen LogP contribution in [0.15, 0.2) is 34.9 Å². The van der Waals surface area contributed by atoms with Crippen molar-refractivity contribution in [2.45, 2.75) is 44.5 Å². The summed E-state index contributed by atoms with van der Waals surface area (Å²) in [5.74, 6) is -3.09. The lowest BCUT2D eigenvalue weighted by molar-refractivity contribution is -0.771. The number of nitrogens with one attached hydrogen (secondary N) is 1. The average molecular weight is 656 g/mol. The third-order valence-electron chi connectivity index (χ3n) is 6.66. The molecular formula is C24H31N8O10S2+. The predicted molar refractivity (Wildman–Crippen MR) is 153 cm³/mol. The topological polar surface area (TPSA) is 255 Å². The number of nitrogen functional groups attached to an aromatic ring is 1. The van der Waals surface area contributed by atoms with E-state index < -0.39 is 58.2 Å². The van der Waals surface area contributed by atoms with Gasteiger partial charge in [0.25, 0.3) is 17.9 Å². The number of aliphatic carboxylic acids is 1. The monoisotopic (exact) mass is 655 g/mol. The molecule has 18 nitrogen and oxygen atoms in total. The number of β-lactam (4-membered cyclic amide) rings is 1. The molecule has 44 heavy (non-hydrogen) atoms. The van der Waals surface area contributed by atoms with Crippen LogP contribution in [0, 0.1) is 0 Å². The smallest absolute Gasteiger partial charge is 0.418 e. The first-order valence-electron chi connectivity index (χ1n) is 12.9. The van der Waals surface area contributed by atoms with Crippen molar-refractivity contribution in [3.8, 4) is 5.75 Å². The molecule has 1 saturated heterocycles. The summed E-state index contributed by atoms with van der Waals surface area (Å²) in [6.07, 6.45) is 1.04. The number of thiazole rings is 1. The zero-order valence-corrected chi connectivity index (χ0v) is 25.4. The van der Waals surface area contributed by atoms with Crippen molar-refractivity contribution in [1.82, 2.24) is 20.0 Å². The normalized spacial score (nSPS) is 17.3. The lowest BCUT2D eigenvalue weighted by Crippen LogP contribution is -2.76. The van der Waals surface area contributed by atoms with Gasteiger partial charge in [0.2, 0.25) is 6.20 Å². The van der Waals surface area contributed by atoms with Crippen molar-refractivity contribution in [2.75, 3.05) is 18.9 Å². The van der Waals surface area contributed by atoms with E-state index in [1.807, 2.05) is 28.7 Å². The van der Waals surface area contributed by atoms with Gasteiger partial charge in [-0.05, 0) is 38.6 Å². The molecule has 1 unspecified atom stereocenters. The number of fused-ring (bicyclic) bond motifs is 1. The molecule has 4 rings (SSSR count). The molecule has 2 atom stereocenters. The molecule has 1 fully saturated rings. The number of rotatable bonds is 14. The number of ether oxygens (including phenoxy) is 1. The summed E-state index contributed by atoms with van der Waals surface area (Å²) < 4.78 is 45.0. The number of hydroxylamine groups is 2. The second kappa shape index (κ2) is 12.7. The largest absolute Gasteiger partial charge is 0.489 e. The number of amides is 2. The number of hydrogen-bond acceptors (Lipinski definition) is 13. The number of nitrogens with two attached hydrogens (primary N) is 2. The number of nitrogens with zero attached hydrogens (tertiary/aromatic N) is 5. The van der Waals surface area contributed by atoms with Gasteiger partial charge in [-0.1, -0.05) is 5.16 Å². The Morgan fingerprint density at radius 3 is 2.66 bits per heavy atom. The Balaban J connectivity index is 1.49. The van der Waals surface area contributed by atoms with Gasteiger partial charge >= 0.3 is 16.4 Å². The van der Waals surface area contributed by atoms with E-state index in [0.29, 0.717) is 23.9 Å². The van der Waals surface area contributed by atoms with E-state index in [2.05, 4.69) is 19.7 Å². The SMILES string of the molecule is Cn1c2ccc(OC[C@H](O/N=C(\C(=O)NC3C(=O)N(OS(=O)(=O)O)C3(C)C)c3csc(N)n3)C(=O)O)cc2c[n+]1CCCN. The van der Waals surface area contributed by atoms with Crippen LogP contribution in [-0.4, -0.2) is 87.1 Å². The van der Waals surface area contributed by atoms with Gasteiger partial charge in [-0.25, -0.2) is 9.78 Å². The van der Waals surface area contributed by atoms with E-state index in [0.717, 1.165) is 28.7 Å². The van der Waals surface area contributed by atoms with Crippen LogP contribution in [0.5, 0.6) is 5.75 Å². The van der Waals surface area contributed by atoms with Gasteiger partial charge in [-0.3, -0.25) is 14.1 Å². The van der Waals surface area contributed by atoms with E-state index in [-0.39, 0.29) is 10.8 Å². The summed E-state index contributed by atoms with van der Waals surface area (Å²) in [6, 6.07) is 3.90. The first kappa shape index (κ1) is 32.5. The Hall–Kier alpha value is -4.37. The molecule has 1 aliphatic heterocycles. The van der Waals surface area contributed by atoms with Crippen LogP contribution < -0.4 is 26.2 Å². The zero-order chi connectivity index (χ0) is 32.4. The lowest BCUT2D eigenvalue weighted by Gasteiger charge is -2.50. The Bertz CT molecular complexity index is 1720. The Morgan fingerprint density at radius 1 is 1.34 bits per heavy atom. The molecule has 0 radical (unpaired) electrons. The summed E-state index contributed by atoms with van der Waals surface area (Å²) in [5, 5.41) is 18.5. The second-order valence-electron chi connectivity index (χ2n) is 10.1. The molecule has 3 aromatic rings. The van der Waals surface area contributed by atoms with Crippen LogP contribution >= 0.6 is 11.3 Å². The van der Waals surface area contributed by atoms with Crippen LogP contribution in [0.4, 0.5) is 5.13 Å². The zero-order valence-electron chi connectivity index (χ0n) is 23.7. The van der Waals surface area contributed by atoms with E-state index in [4.69, 9.17) is 25.6 Å². The number of carbonyl (C=O) groups excluding carboxylic acids is 2. The highest BCUT2D eigenvalue weighted by atomic mass is 32.3. The number of hydrogen-bond donors (Lipinski definition) is 5. The summed E-state index contributed by atoms with van der Waals surface area (Å²) in [6.45, 7) is 3.50. The summed E-state index contributed by atoms with van der Waals surface area (Å²) in [4.78, 5) is 46.8. The summed E-state index contributed by atoms with van der Waals surface area (Å²) in [7, 11) is -3.11. The van der Waals surface area contributed by atoms with Gasteiger partial charge in [0, 0.05) is 11.8 Å². The van der Waals surface area contributed by atoms with Gasteiger partial charge < -0.3 is 31.5 Å². The first-order chi connectivity index (χ1) is 20.6. The van der Waals surface area contributed by atoms with E-state index in [1.54, 1.807) is 12.1 Å². The van der Waals surface area contributed by atoms with Crippen molar-refractivity contribution in [1.29, 1.82) is 0 Å². The molecular weight excluding hydrogens is 624 g/mol. The summed E-state index contributed by atoms with van der Waals surface area (Å²) >= 11 is 0.962. The minimum atomic E-state index is -5.01. The highest BCUT2D eigenvalue weighted by Crippen LogP contribution is 2.33. The highest BCUT2D eigenvalue weighted by Gasteiger charge is 2.58. The molecule has 0 spiro atoms. The van der Waals surface area contributed by atoms with Crippen LogP contribution in [-0.2, 0) is 47.5 Å². The number of aryl methyl sites for hydroxylation is 2. The minimum Gasteiger partial charge on any atom is -0.489 e. The second-order valence-corrected chi connectivity index (χ2v) is 12.0. The number of aromatic nitrogens is 3. The summed E-state index contributed by atoms with van der Waals surface area (Å²) in [5.41, 5.74) is 10.2. The van der Waals surface area contributed by atoms with Crippen LogP contribution in [0.1, 0.15) is 26.0 Å². The van der Waals surface area contributed by atoms with Crippen molar-refractivity contribution in [3.05, 3.63) is 35.5 Å². The molecule has 1 aromatic carbocycles. The van der Waals surface area contributed by atoms with Crippen LogP contribution in [0.25, 0.3) is 10.9 Å². The third kappa shape index (κ3) is 7.05. The average Bonchev–Trinajstić information content (AvgIpc) is 3.52. The fourth-order valence-electron chi connectivity index (χ4n) is 4.33. The lowest BCUT2D eigenvalue weighted by atomic mass is 9.84. The minimum absolute atomic E-state index is 0.0621. The van der Waals surface area contributed by atoms with Gasteiger partial charge in [-0.2, -0.15) is 18.2 Å². The Morgan fingerprint density at radius 2 is 2.07 bits per heavy atom. The van der Waals surface area contributed by atoms with Crippen molar-refractivity contribution < 1.29 is 51.0 Å². The maximum atomic E-state index is 13.2. The van der Waals surface area contributed by atoms with Gasteiger partial charge in [-0.15, -0.1) is 20.3 Å². The fraction of sp³-hybridized carbons (Fsp3) is 0.417. The molecule has 3 heterocycles. The van der Waals surface area contributed by atoms with Gasteiger partial charge in [0.1, 0.15) is 29.6 Å². The quantitative estimate of drug-likeness (QED) is 0.0457. The fourth-order valence-corrected chi connectivity index (χ4v) is 5.33. The van der Waals surface area contributed by atoms with Crippen LogP contribution in [0.2, 0.25) is 0 Å². The van der Waals surface area contributed by atoms with Crippen molar-refractivity contribution >= 4 is 61.3 Å². The van der Waals surface area contributed by atoms with E-state index in [1.165, 1.54) is 19.2 Å². The molecule has 2 amide bonds. The number of anilines is 1. The third-order valence-corrected chi connectivity index (χ3v) is 7.67. The van der Waals surface area contributed by atoms with Gasteiger partial charge in [0.15, 0.2) is 17.4 Å². The molecule has 0 bridgehead atoms. The highest BCUT2D eigenvalue weighted by molar-refractivity contribution is 7.80. The molecule has 1 aliphatic rings. The Kier molecular flexibility index (Phi) is 9.39. The number of carbonyl (C=O) groups is 3. The molecule has 0 aliphatic carbocycles. The number of carboxylic acid groups (broad SMARTS) is 1. The molecule has 238 valence electrons. The molecule has 7 N–H and O–H groups in total. The maximum Gasteiger partial charge on any atom is 0.418 e. The maximum absolute atomic E-state index is 13.2. The van der Waals surface area contributed by atoms with Crippen molar-refractivity contribution in [2.24, 2.45) is 17.9 Å². The van der Waals surface area contributed by atoms with Gasteiger partial charge in [0.05, 0.1) is 18.0 Å². The standard InChI is InChI=1S/C24H30N8O10S2/c1-24(2)19(21(34)32(24)42-44(37,38)39)28-20(33)18(15-12-43-23(26)27-15)29-41-17(22(35)36)11-40-14-5-6-16-13(9-14)10-31(30(16)3)8-4-7-25/h5-6,9-10,12,17,19H,4,7-8,11,25H2,1-3H3,(H4-,26,27,28,33,35,36,37,38,39)/p+1/b29-18-/t17-,19?/m0/s1. The Labute approximate surface area is 254 Å². The molecule has 0 saturated carbocycles. The van der Waals surface area contributed by atoms with E-state index in [9.17, 15) is 27.9 Å². The van der Waals surface area contributed by atoms with Crippen LogP contribution in [0.3, 0.4) is 0 Å². The molecule has 2 aromatic heterocycles. The predicted octanol–water partition coefficient (Wildman–Crippen LogP) is -1.05. The van der Waals surface area contributed by atoms with Crippen molar-refractivity contribution in [3.63, 3.8) is 0 Å². The number of oxime groups is 1. The number of benzene rings is 1. The first-order valence-corrected chi connectivity index (χ1v) is 15.2. The van der Waals surface area contributed by atoms with E-state index >= 15 is 0 Å². The molecule has 20 heteroatoms. The number of carboxylic acids is 1.